The van der Waals surface area contributed by atoms with Crippen LogP contribution in [0.25, 0.3) is 11.0 Å². The number of rotatable bonds is 5. The largest absolute Gasteiger partial charge is 0.324 e. The average Bonchev–Trinajstić information content (AvgIpc) is 3.32. The van der Waals surface area contributed by atoms with Crippen LogP contribution in [-0.4, -0.2) is 15.4 Å². The summed E-state index contributed by atoms with van der Waals surface area (Å²) in [6, 6.07) is 7.31. The van der Waals surface area contributed by atoms with Crippen molar-refractivity contribution >= 4 is 22.6 Å². The van der Waals surface area contributed by atoms with E-state index in [0.717, 1.165) is 23.8 Å². The fourth-order valence-electron chi connectivity index (χ4n) is 3.53. The van der Waals surface area contributed by atoms with Crippen LogP contribution in [0.4, 0.5) is 0 Å². The van der Waals surface area contributed by atoms with Crippen LogP contribution in [0.3, 0.4) is 0 Å². The monoisotopic (exact) mass is 288 g/mol. The molecule has 0 spiro atoms. The first kappa shape index (κ1) is 12.7. The van der Waals surface area contributed by atoms with Gasteiger partial charge in [0.1, 0.15) is 5.82 Å². The van der Waals surface area contributed by atoms with Gasteiger partial charge in [0.2, 0.25) is 0 Å². The van der Waals surface area contributed by atoms with Gasteiger partial charge in [0.25, 0.3) is 0 Å². The Labute approximate surface area is 125 Å². The summed E-state index contributed by atoms with van der Waals surface area (Å²) in [7, 11) is 0. The zero-order chi connectivity index (χ0) is 13.7. The highest BCUT2D eigenvalue weighted by Gasteiger charge is 2.43. The molecule has 0 aliphatic heterocycles. The summed E-state index contributed by atoms with van der Waals surface area (Å²) < 4.78 is 2.56. The van der Waals surface area contributed by atoms with E-state index in [9.17, 15) is 0 Å². The lowest BCUT2D eigenvalue weighted by molar-refractivity contribution is 0.393. The quantitative estimate of drug-likeness (QED) is 0.741. The number of fused-ring (bicyclic) bond motifs is 1. The first-order valence-electron chi connectivity index (χ1n) is 7.81. The lowest BCUT2D eigenvalue weighted by atomic mass is 10.1. The third-order valence-electron chi connectivity index (χ3n) is 4.74. The molecule has 0 atom stereocenters. The molecule has 20 heavy (non-hydrogen) atoms. The molecule has 0 amide bonds. The zero-order valence-corrected chi connectivity index (χ0v) is 12.7. The number of nitrogens with zero attached hydrogens (tertiary/aromatic N) is 2. The van der Waals surface area contributed by atoms with Crippen LogP contribution in [0.5, 0.6) is 0 Å². The lowest BCUT2D eigenvalue weighted by Crippen LogP contribution is -2.16. The first-order chi connectivity index (χ1) is 9.78. The lowest BCUT2D eigenvalue weighted by Gasteiger charge is -2.21. The van der Waals surface area contributed by atoms with Gasteiger partial charge in [0.15, 0.2) is 0 Å². The van der Waals surface area contributed by atoms with E-state index in [0.29, 0.717) is 11.9 Å². The molecule has 0 N–H and O–H groups in total. The highest BCUT2D eigenvalue weighted by molar-refractivity contribution is 6.17. The van der Waals surface area contributed by atoms with E-state index < -0.39 is 0 Å². The van der Waals surface area contributed by atoms with E-state index in [4.69, 9.17) is 16.6 Å². The summed E-state index contributed by atoms with van der Waals surface area (Å²) in [4.78, 5) is 4.86. The molecule has 3 heteroatoms. The molecule has 2 saturated carbocycles. The van der Waals surface area contributed by atoms with Crippen LogP contribution >= 0.6 is 11.6 Å². The van der Waals surface area contributed by atoms with E-state index in [1.807, 2.05) is 0 Å². The van der Waals surface area contributed by atoms with Gasteiger partial charge < -0.3 is 4.57 Å². The molecule has 2 aliphatic rings. The number of alkyl halides is 1. The second kappa shape index (κ2) is 4.77. The summed E-state index contributed by atoms with van der Waals surface area (Å²) in [5.41, 5.74) is 3.79. The van der Waals surface area contributed by atoms with Gasteiger partial charge in [-0.05, 0) is 62.1 Å². The van der Waals surface area contributed by atoms with Crippen molar-refractivity contribution in [2.24, 2.45) is 11.8 Å². The van der Waals surface area contributed by atoms with Crippen molar-refractivity contribution in [2.45, 2.75) is 45.1 Å². The van der Waals surface area contributed by atoms with Crippen LogP contribution in [0.2, 0.25) is 0 Å². The molecule has 1 heterocycles. The van der Waals surface area contributed by atoms with Crippen molar-refractivity contribution < 1.29 is 0 Å². The van der Waals surface area contributed by atoms with E-state index in [1.165, 1.54) is 42.6 Å². The predicted molar refractivity (Wildman–Crippen MR) is 83.4 cm³/mol. The highest BCUT2D eigenvalue weighted by atomic mass is 35.5. The van der Waals surface area contributed by atoms with Crippen molar-refractivity contribution in [3.8, 4) is 0 Å². The van der Waals surface area contributed by atoms with E-state index in [1.54, 1.807) is 0 Å². The summed E-state index contributed by atoms with van der Waals surface area (Å²) in [6.07, 6.45) is 6.46. The molecular formula is C17H21ClN2. The van der Waals surface area contributed by atoms with Crippen molar-refractivity contribution in [3.05, 3.63) is 29.6 Å². The van der Waals surface area contributed by atoms with Gasteiger partial charge >= 0.3 is 0 Å². The number of benzene rings is 1. The molecule has 1 aromatic heterocycles. The molecule has 4 rings (SSSR count). The van der Waals surface area contributed by atoms with Gasteiger partial charge in [0, 0.05) is 18.3 Å². The minimum atomic E-state index is 0.657. The summed E-state index contributed by atoms with van der Waals surface area (Å²) in [5, 5.41) is 0. The van der Waals surface area contributed by atoms with Gasteiger partial charge in [-0.25, -0.2) is 4.98 Å². The van der Waals surface area contributed by atoms with E-state index in [2.05, 4.69) is 29.7 Å². The Kier molecular flexibility index (Phi) is 3.03. The van der Waals surface area contributed by atoms with Crippen molar-refractivity contribution in [2.75, 3.05) is 5.88 Å². The van der Waals surface area contributed by atoms with Crippen molar-refractivity contribution in [1.29, 1.82) is 0 Å². The minimum absolute atomic E-state index is 0.657. The normalized spacial score (nSPS) is 19.1. The minimum Gasteiger partial charge on any atom is -0.324 e. The van der Waals surface area contributed by atoms with Gasteiger partial charge in [-0.2, -0.15) is 0 Å². The third-order valence-corrected chi connectivity index (χ3v) is 4.93. The SMILES string of the molecule is Cc1ccc2nc(CCCl)n(C(C3CC3)C3CC3)c2c1. The highest BCUT2D eigenvalue weighted by Crippen LogP contribution is 2.53. The molecule has 2 aliphatic carbocycles. The molecule has 106 valence electrons. The van der Waals surface area contributed by atoms with E-state index in [-0.39, 0.29) is 0 Å². The van der Waals surface area contributed by atoms with Crippen LogP contribution in [0.15, 0.2) is 18.2 Å². The van der Waals surface area contributed by atoms with Crippen molar-refractivity contribution in [3.63, 3.8) is 0 Å². The Hall–Kier alpha value is -1.02. The fourth-order valence-corrected chi connectivity index (χ4v) is 3.70. The van der Waals surface area contributed by atoms with Crippen LogP contribution in [0, 0.1) is 18.8 Å². The van der Waals surface area contributed by atoms with Gasteiger partial charge in [-0.1, -0.05) is 6.07 Å². The second-order valence-electron chi connectivity index (χ2n) is 6.49. The number of imidazole rings is 1. The van der Waals surface area contributed by atoms with Gasteiger partial charge in [-0.3, -0.25) is 0 Å². The van der Waals surface area contributed by atoms with Crippen LogP contribution in [0.1, 0.15) is 43.1 Å². The molecule has 0 radical (unpaired) electrons. The summed E-state index contributed by atoms with van der Waals surface area (Å²) in [6.45, 7) is 2.17. The van der Waals surface area contributed by atoms with Crippen LogP contribution in [-0.2, 0) is 6.42 Å². The second-order valence-corrected chi connectivity index (χ2v) is 6.87. The molecule has 2 aromatic rings. The smallest absolute Gasteiger partial charge is 0.111 e. The summed E-state index contributed by atoms with van der Waals surface area (Å²) >= 11 is 6.01. The number of halogens is 1. The topological polar surface area (TPSA) is 17.8 Å². The molecule has 0 unspecified atom stereocenters. The predicted octanol–water partition coefficient (Wildman–Crippen LogP) is 4.49. The Morgan fingerprint density at radius 1 is 1.25 bits per heavy atom. The Balaban J connectivity index is 1.88. The molecule has 0 bridgehead atoms. The summed E-state index contributed by atoms with van der Waals surface area (Å²) in [5.74, 6) is 3.62. The van der Waals surface area contributed by atoms with Gasteiger partial charge in [0.05, 0.1) is 11.0 Å². The average molecular weight is 289 g/mol. The number of hydrogen-bond acceptors (Lipinski definition) is 1. The maximum atomic E-state index is 6.01. The zero-order valence-electron chi connectivity index (χ0n) is 12.0. The molecular weight excluding hydrogens is 268 g/mol. The maximum Gasteiger partial charge on any atom is 0.111 e. The first-order valence-corrected chi connectivity index (χ1v) is 8.35. The molecule has 2 nitrogen and oxygen atoms in total. The number of aryl methyl sites for hydroxylation is 2. The third kappa shape index (κ3) is 2.14. The molecule has 0 saturated heterocycles. The van der Waals surface area contributed by atoms with Gasteiger partial charge in [-0.15, -0.1) is 11.6 Å². The number of hydrogen-bond donors (Lipinski definition) is 0. The maximum absolute atomic E-state index is 6.01. The fraction of sp³-hybridized carbons (Fsp3) is 0.588. The Bertz CT molecular complexity index is 626. The Morgan fingerprint density at radius 3 is 2.55 bits per heavy atom. The molecule has 1 aromatic carbocycles. The van der Waals surface area contributed by atoms with E-state index >= 15 is 0 Å². The standard InChI is InChI=1S/C17H21ClN2/c1-11-2-7-14-15(10-11)20(16(19-14)8-9-18)17(12-3-4-12)13-5-6-13/h2,7,10,12-13,17H,3-6,8-9H2,1H3. The van der Waals surface area contributed by atoms with Crippen LogP contribution < -0.4 is 0 Å². The molecule has 2 fully saturated rings. The Morgan fingerprint density at radius 2 is 1.95 bits per heavy atom. The van der Waals surface area contributed by atoms with Crippen molar-refractivity contribution in [1.82, 2.24) is 9.55 Å². The number of aromatic nitrogens is 2.